The fraction of sp³-hybridized carbons (Fsp3) is 0.385. The first-order valence-corrected chi connectivity index (χ1v) is 12.0. The molecule has 1 fully saturated rings. The number of hydrogen-bond acceptors (Lipinski definition) is 7. The van der Waals surface area contributed by atoms with E-state index in [2.05, 4.69) is 15.3 Å². The van der Waals surface area contributed by atoms with Gasteiger partial charge in [-0.2, -0.15) is 13.2 Å². The first kappa shape index (κ1) is 27.1. The molecule has 1 saturated heterocycles. The van der Waals surface area contributed by atoms with Crippen molar-refractivity contribution in [3.63, 3.8) is 0 Å². The molecular weight excluding hydrogens is 503 g/mol. The number of benzene rings is 1. The average Bonchev–Trinajstić information content (AvgIpc) is 3.35. The van der Waals surface area contributed by atoms with E-state index in [4.69, 9.17) is 4.42 Å². The molecule has 0 radical (unpaired) electrons. The lowest BCUT2D eigenvalue weighted by Gasteiger charge is -2.38. The van der Waals surface area contributed by atoms with Crippen LogP contribution < -0.4 is 10.2 Å². The second-order valence-corrected chi connectivity index (χ2v) is 10.0. The molecule has 202 valence electrons. The maximum atomic E-state index is 13.6. The van der Waals surface area contributed by atoms with Crippen LogP contribution in [0.2, 0.25) is 0 Å². The van der Waals surface area contributed by atoms with Crippen molar-refractivity contribution in [3.8, 4) is 11.5 Å². The number of hydrogen-bond donors (Lipinski definition) is 2. The summed E-state index contributed by atoms with van der Waals surface area (Å²) in [5.41, 5.74) is -1.50. The maximum Gasteiger partial charge on any atom is 0.437 e. The number of aliphatic hydroxyl groups excluding tert-OH is 1. The minimum absolute atomic E-state index is 0.173. The second-order valence-electron chi connectivity index (χ2n) is 10.0. The highest BCUT2D eigenvalue weighted by atomic mass is 19.4. The molecule has 9 nitrogen and oxygen atoms in total. The normalized spacial score (nSPS) is 15.3. The summed E-state index contributed by atoms with van der Waals surface area (Å²) >= 11 is 0. The van der Waals surface area contributed by atoms with Gasteiger partial charge in [-0.15, -0.1) is 0 Å². The number of aliphatic hydroxyl groups is 1. The number of nitrogens with zero attached hydrogens (tertiary/aromatic N) is 4. The zero-order valence-electron chi connectivity index (χ0n) is 21.1. The first-order valence-electron chi connectivity index (χ1n) is 12.0. The second kappa shape index (κ2) is 10.4. The molecule has 2 amide bonds. The highest BCUT2D eigenvalue weighted by Crippen LogP contribution is 2.35. The van der Waals surface area contributed by atoms with Gasteiger partial charge in [0.2, 0.25) is 11.7 Å². The molecular formula is C26H28F3N5O4. The predicted octanol–water partition coefficient (Wildman–Crippen LogP) is 4.06. The topological polar surface area (TPSA) is 112 Å². The Bertz CT molecular complexity index is 1280. The summed E-state index contributed by atoms with van der Waals surface area (Å²) in [5.74, 6) is -2.10. The molecule has 0 saturated carbocycles. The minimum atomic E-state index is -4.89. The number of piperazine rings is 1. The summed E-state index contributed by atoms with van der Waals surface area (Å²) in [4.78, 5) is 36.6. The van der Waals surface area contributed by atoms with Crippen molar-refractivity contribution in [1.82, 2.24) is 14.9 Å². The van der Waals surface area contributed by atoms with Gasteiger partial charge in [0.1, 0.15) is 11.9 Å². The van der Waals surface area contributed by atoms with E-state index in [0.29, 0.717) is 37.6 Å². The van der Waals surface area contributed by atoms with Gasteiger partial charge in [-0.1, -0.05) is 39.0 Å². The minimum Gasteiger partial charge on any atom is -0.430 e. The lowest BCUT2D eigenvalue weighted by molar-refractivity contribution is -0.146. The van der Waals surface area contributed by atoms with Crippen LogP contribution >= 0.6 is 0 Å². The molecule has 4 rings (SSSR count). The van der Waals surface area contributed by atoms with Crippen molar-refractivity contribution in [2.24, 2.45) is 5.41 Å². The van der Waals surface area contributed by atoms with Gasteiger partial charge in [-0.3, -0.25) is 9.59 Å². The summed E-state index contributed by atoms with van der Waals surface area (Å²) in [6.07, 6.45) is -4.66. The fourth-order valence-electron chi connectivity index (χ4n) is 3.90. The van der Waals surface area contributed by atoms with Crippen LogP contribution in [0, 0.1) is 5.41 Å². The average molecular weight is 532 g/mol. The van der Waals surface area contributed by atoms with Crippen LogP contribution in [0.1, 0.15) is 37.0 Å². The van der Waals surface area contributed by atoms with E-state index in [9.17, 15) is 27.9 Å². The highest BCUT2D eigenvalue weighted by Gasteiger charge is 2.41. The number of anilines is 2. The number of alkyl halides is 3. The zero-order chi connectivity index (χ0) is 27.7. The summed E-state index contributed by atoms with van der Waals surface area (Å²) < 4.78 is 45.9. The van der Waals surface area contributed by atoms with E-state index in [-0.39, 0.29) is 17.5 Å². The number of halogens is 3. The first-order chi connectivity index (χ1) is 17.8. The van der Waals surface area contributed by atoms with Crippen LogP contribution in [0.5, 0.6) is 0 Å². The van der Waals surface area contributed by atoms with E-state index in [1.165, 1.54) is 24.4 Å². The predicted molar refractivity (Wildman–Crippen MR) is 133 cm³/mol. The van der Waals surface area contributed by atoms with Crippen molar-refractivity contribution in [2.45, 2.75) is 33.1 Å². The van der Waals surface area contributed by atoms with Gasteiger partial charge in [0.25, 0.3) is 11.8 Å². The Morgan fingerprint density at radius 3 is 2.24 bits per heavy atom. The Morgan fingerprint density at radius 1 is 1.03 bits per heavy atom. The van der Waals surface area contributed by atoms with Gasteiger partial charge < -0.3 is 24.6 Å². The van der Waals surface area contributed by atoms with Crippen LogP contribution in [0.25, 0.3) is 11.5 Å². The SMILES string of the molecule is CC(C)(C)[C@@H](O)C(=O)N1CCN(c2ccc(NC(=O)c3oc(-c4ccccc4)nc3C(F)(F)F)cn2)CC1. The van der Waals surface area contributed by atoms with Crippen LogP contribution in [0.3, 0.4) is 0 Å². The van der Waals surface area contributed by atoms with Crippen LogP contribution in [-0.2, 0) is 11.0 Å². The van der Waals surface area contributed by atoms with Crippen molar-refractivity contribution in [1.29, 1.82) is 0 Å². The van der Waals surface area contributed by atoms with Gasteiger partial charge in [0.05, 0.1) is 11.9 Å². The molecule has 3 aromatic rings. The smallest absolute Gasteiger partial charge is 0.430 e. The maximum absolute atomic E-state index is 13.6. The number of nitrogens with one attached hydrogen (secondary N) is 1. The van der Waals surface area contributed by atoms with Crippen LogP contribution in [0.15, 0.2) is 53.1 Å². The Labute approximate surface area is 217 Å². The third-order valence-electron chi connectivity index (χ3n) is 6.10. The summed E-state index contributed by atoms with van der Waals surface area (Å²) in [6, 6.07) is 11.1. The van der Waals surface area contributed by atoms with E-state index < -0.39 is 35.1 Å². The van der Waals surface area contributed by atoms with E-state index in [1.807, 2.05) is 4.90 Å². The van der Waals surface area contributed by atoms with Crippen LogP contribution in [0.4, 0.5) is 24.7 Å². The third kappa shape index (κ3) is 5.96. The van der Waals surface area contributed by atoms with Crippen molar-refractivity contribution in [3.05, 3.63) is 60.1 Å². The Balaban J connectivity index is 1.42. The lowest BCUT2D eigenvalue weighted by atomic mass is 9.88. The number of carbonyl (C=O) groups excluding carboxylic acids is 2. The molecule has 38 heavy (non-hydrogen) atoms. The lowest BCUT2D eigenvalue weighted by Crippen LogP contribution is -2.53. The van der Waals surface area contributed by atoms with Gasteiger partial charge in [-0.25, -0.2) is 9.97 Å². The zero-order valence-corrected chi connectivity index (χ0v) is 21.1. The van der Waals surface area contributed by atoms with E-state index >= 15 is 0 Å². The standard InChI is InChI=1S/C26H28F3N5O4/c1-25(2,3)21(35)24(37)34-13-11-33(12-14-34)18-10-9-17(15-30-18)31-22(36)19-20(26(27,28)29)32-23(38-19)16-7-5-4-6-8-16/h4-10,15,21,35H,11-14H2,1-3H3,(H,31,36)/t21-/m0/s1. The monoisotopic (exact) mass is 531 g/mol. The Kier molecular flexibility index (Phi) is 7.45. The Hall–Kier alpha value is -3.93. The largest absolute Gasteiger partial charge is 0.437 e. The van der Waals surface area contributed by atoms with Gasteiger partial charge in [0.15, 0.2) is 5.69 Å². The molecule has 1 atom stereocenters. The molecule has 0 aliphatic carbocycles. The molecule has 1 aliphatic heterocycles. The molecule has 2 N–H and O–H groups in total. The third-order valence-corrected chi connectivity index (χ3v) is 6.10. The molecule has 0 spiro atoms. The molecule has 3 heterocycles. The highest BCUT2D eigenvalue weighted by molar-refractivity contribution is 6.03. The summed E-state index contributed by atoms with van der Waals surface area (Å²) in [6.45, 7) is 7.16. The number of amides is 2. The molecule has 1 aliphatic rings. The molecule has 1 aromatic carbocycles. The molecule has 12 heteroatoms. The number of rotatable bonds is 5. The van der Waals surface area contributed by atoms with E-state index in [0.717, 1.165) is 0 Å². The van der Waals surface area contributed by atoms with Gasteiger partial charge in [-0.05, 0) is 29.7 Å². The Morgan fingerprint density at radius 2 is 1.68 bits per heavy atom. The fourth-order valence-corrected chi connectivity index (χ4v) is 3.90. The number of oxazole rings is 1. The molecule has 0 unspecified atom stereocenters. The molecule has 0 bridgehead atoms. The number of pyridine rings is 1. The van der Waals surface area contributed by atoms with E-state index in [1.54, 1.807) is 49.9 Å². The van der Waals surface area contributed by atoms with Gasteiger partial charge in [0, 0.05) is 31.7 Å². The van der Waals surface area contributed by atoms with Crippen molar-refractivity contribution >= 4 is 23.3 Å². The molecule has 2 aromatic heterocycles. The van der Waals surface area contributed by atoms with Crippen LogP contribution in [-0.4, -0.2) is 64.1 Å². The number of aromatic nitrogens is 2. The van der Waals surface area contributed by atoms with Crippen molar-refractivity contribution < 1.29 is 32.3 Å². The van der Waals surface area contributed by atoms with Crippen molar-refractivity contribution in [2.75, 3.05) is 36.4 Å². The van der Waals surface area contributed by atoms with Gasteiger partial charge >= 0.3 is 6.18 Å². The quantitative estimate of drug-likeness (QED) is 0.511. The summed E-state index contributed by atoms with van der Waals surface area (Å²) in [5, 5.41) is 12.7. The summed E-state index contributed by atoms with van der Waals surface area (Å²) in [7, 11) is 0. The number of carbonyl (C=O) groups is 2.